The molecule has 1 atom stereocenters. The van der Waals surface area contributed by atoms with E-state index in [0.717, 1.165) is 17.1 Å². The highest BCUT2D eigenvalue weighted by Gasteiger charge is 2.28. The molecule has 0 spiro atoms. The normalized spacial score (nSPS) is 15.9. The van der Waals surface area contributed by atoms with Gasteiger partial charge in [-0.3, -0.25) is 4.79 Å². The second kappa shape index (κ2) is 7.93. The van der Waals surface area contributed by atoms with Crippen molar-refractivity contribution in [2.45, 2.75) is 20.0 Å². The van der Waals surface area contributed by atoms with Crippen molar-refractivity contribution in [2.24, 2.45) is 5.92 Å². The lowest BCUT2D eigenvalue weighted by Crippen LogP contribution is -2.29. The number of pyridine rings is 1. The highest BCUT2D eigenvalue weighted by Crippen LogP contribution is 2.31. The Morgan fingerprint density at radius 2 is 2.16 bits per heavy atom. The third kappa shape index (κ3) is 4.35. The zero-order valence-corrected chi connectivity index (χ0v) is 15.1. The van der Waals surface area contributed by atoms with Gasteiger partial charge in [-0.15, -0.1) is 0 Å². The molecule has 3 rings (SSSR count). The fourth-order valence-corrected chi connectivity index (χ4v) is 2.92. The molecule has 0 saturated carbocycles. The summed E-state index contributed by atoms with van der Waals surface area (Å²) in [5, 5.41) is 0.706. The number of carbonyl (C=O) groups is 1. The Labute approximate surface area is 155 Å². The van der Waals surface area contributed by atoms with Gasteiger partial charge in [0.15, 0.2) is 0 Å². The average molecular weight is 382 g/mol. The number of hydrogen-bond donors (Lipinski definition) is 0. The van der Waals surface area contributed by atoms with Gasteiger partial charge in [0.05, 0.1) is 23.2 Å². The number of nitrogens with zero attached hydrogens (tertiary/aromatic N) is 1. The van der Waals surface area contributed by atoms with E-state index in [9.17, 15) is 4.79 Å². The highest BCUT2D eigenvalue weighted by molar-refractivity contribution is 6.32. The molecule has 1 aliphatic rings. The van der Waals surface area contributed by atoms with Crippen molar-refractivity contribution in [2.75, 3.05) is 13.2 Å². The minimum atomic E-state index is -0.387. The maximum absolute atomic E-state index is 12.4. The SMILES string of the molecule is CCOc1ccc2c(c1)CC(C(=O)OCc1nc(Cl)ccc1Cl)CO2. The molecule has 1 aromatic heterocycles. The minimum Gasteiger partial charge on any atom is -0.494 e. The highest BCUT2D eigenvalue weighted by atomic mass is 35.5. The smallest absolute Gasteiger partial charge is 0.313 e. The first-order chi connectivity index (χ1) is 12.1. The molecule has 0 saturated heterocycles. The number of fused-ring (bicyclic) bond motifs is 1. The summed E-state index contributed by atoms with van der Waals surface area (Å²) in [5.74, 6) is 0.786. The van der Waals surface area contributed by atoms with Crippen LogP contribution in [0.4, 0.5) is 0 Å². The molecule has 1 aromatic carbocycles. The Bertz CT molecular complexity index is 782. The van der Waals surface area contributed by atoms with Gasteiger partial charge < -0.3 is 14.2 Å². The van der Waals surface area contributed by atoms with Crippen LogP contribution >= 0.6 is 23.2 Å². The van der Waals surface area contributed by atoms with Gasteiger partial charge in [0.2, 0.25) is 0 Å². The summed E-state index contributed by atoms with van der Waals surface area (Å²) in [7, 11) is 0. The van der Waals surface area contributed by atoms with E-state index < -0.39 is 0 Å². The molecule has 0 aliphatic carbocycles. The van der Waals surface area contributed by atoms with Gasteiger partial charge in [0.25, 0.3) is 0 Å². The first-order valence-electron chi connectivity index (χ1n) is 7.93. The number of carbonyl (C=O) groups excluding carboxylic acids is 1. The van der Waals surface area contributed by atoms with Crippen LogP contribution < -0.4 is 9.47 Å². The van der Waals surface area contributed by atoms with E-state index >= 15 is 0 Å². The third-order valence-corrected chi connectivity index (χ3v) is 4.37. The van der Waals surface area contributed by atoms with E-state index in [4.69, 9.17) is 37.4 Å². The topological polar surface area (TPSA) is 57.7 Å². The fraction of sp³-hybridized carbons (Fsp3) is 0.333. The van der Waals surface area contributed by atoms with Gasteiger partial charge in [-0.25, -0.2) is 4.98 Å². The minimum absolute atomic E-state index is 0.0272. The lowest BCUT2D eigenvalue weighted by Gasteiger charge is -2.24. The van der Waals surface area contributed by atoms with Crippen molar-refractivity contribution in [3.8, 4) is 11.5 Å². The van der Waals surface area contributed by atoms with Gasteiger partial charge >= 0.3 is 5.97 Å². The Kier molecular flexibility index (Phi) is 5.66. The summed E-state index contributed by atoms with van der Waals surface area (Å²) in [5.41, 5.74) is 1.36. The van der Waals surface area contributed by atoms with Crippen LogP contribution in [0.15, 0.2) is 30.3 Å². The molecule has 25 heavy (non-hydrogen) atoms. The molecule has 0 radical (unpaired) electrons. The number of benzene rings is 1. The second-order valence-corrected chi connectivity index (χ2v) is 6.38. The largest absolute Gasteiger partial charge is 0.494 e. The van der Waals surface area contributed by atoms with Crippen LogP contribution in [0.2, 0.25) is 10.2 Å². The number of halogens is 2. The molecular weight excluding hydrogens is 365 g/mol. The molecule has 5 nitrogen and oxygen atoms in total. The predicted molar refractivity (Wildman–Crippen MR) is 94.4 cm³/mol. The predicted octanol–water partition coefficient (Wildman–Crippen LogP) is 4.08. The maximum atomic E-state index is 12.4. The van der Waals surface area contributed by atoms with Crippen LogP contribution in [0.3, 0.4) is 0 Å². The number of rotatable bonds is 5. The Balaban J connectivity index is 1.64. The molecule has 0 amide bonds. The molecule has 7 heteroatoms. The average Bonchev–Trinajstić information content (AvgIpc) is 2.62. The van der Waals surface area contributed by atoms with E-state index in [1.165, 1.54) is 0 Å². The van der Waals surface area contributed by atoms with Gasteiger partial charge in [-0.2, -0.15) is 0 Å². The molecule has 2 aromatic rings. The maximum Gasteiger partial charge on any atom is 0.313 e. The molecule has 0 fully saturated rings. The number of hydrogen-bond acceptors (Lipinski definition) is 5. The van der Waals surface area contributed by atoms with Crippen LogP contribution in [0.5, 0.6) is 11.5 Å². The van der Waals surface area contributed by atoms with E-state index in [0.29, 0.717) is 28.9 Å². The number of ether oxygens (including phenoxy) is 3. The fourth-order valence-electron chi connectivity index (χ4n) is 2.60. The van der Waals surface area contributed by atoms with Gasteiger partial charge in [-0.05, 0) is 49.2 Å². The first-order valence-corrected chi connectivity index (χ1v) is 8.68. The van der Waals surface area contributed by atoms with Gasteiger partial charge in [0.1, 0.15) is 29.9 Å². The van der Waals surface area contributed by atoms with Gasteiger partial charge in [-0.1, -0.05) is 23.2 Å². The second-order valence-electron chi connectivity index (χ2n) is 5.58. The Morgan fingerprint density at radius 3 is 2.96 bits per heavy atom. The zero-order valence-electron chi connectivity index (χ0n) is 13.6. The quantitative estimate of drug-likeness (QED) is 0.576. The van der Waals surface area contributed by atoms with Crippen molar-refractivity contribution in [3.63, 3.8) is 0 Å². The Morgan fingerprint density at radius 1 is 1.32 bits per heavy atom. The van der Waals surface area contributed by atoms with Crippen LogP contribution in [-0.4, -0.2) is 24.2 Å². The summed E-state index contributed by atoms with van der Waals surface area (Å²) in [4.78, 5) is 16.4. The molecule has 2 heterocycles. The van der Waals surface area contributed by atoms with Crippen molar-refractivity contribution < 1.29 is 19.0 Å². The monoisotopic (exact) mass is 381 g/mol. The van der Waals surface area contributed by atoms with Crippen LogP contribution in [-0.2, 0) is 22.6 Å². The molecule has 0 N–H and O–H groups in total. The van der Waals surface area contributed by atoms with Crippen LogP contribution in [0, 0.1) is 5.92 Å². The summed E-state index contributed by atoms with van der Waals surface area (Å²) in [6, 6.07) is 8.81. The summed E-state index contributed by atoms with van der Waals surface area (Å²) in [6.07, 6.45) is 0.534. The Hall–Kier alpha value is -1.98. The van der Waals surface area contributed by atoms with Crippen molar-refractivity contribution in [1.29, 1.82) is 0 Å². The standard InChI is InChI=1S/C18H17Cl2NO4/c1-2-23-13-3-5-16-11(8-13)7-12(9-24-16)18(22)25-10-15-14(19)4-6-17(20)21-15/h3-6,8,12H,2,7,9-10H2,1H3. The van der Waals surface area contributed by atoms with Crippen molar-refractivity contribution in [1.82, 2.24) is 4.98 Å². The van der Waals surface area contributed by atoms with E-state index in [-0.39, 0.29) is 25.1 Å². The lowest BCUT2D eigenvalue weighted by molar-refractivity contribution is -0.151. The van der Waals surface area contributed by atoms with Crippen LogP contribution in [0.25, 0.3) is 0 Å². The molecule has 1 aliphatic heterocycles. The van der Waals surface area contributed by atoms with E-state index in [1.54, 1.807) is 12.1 Å². The van der Waals surface area contributed by atoms with Crippen molar-refractivity contribution >= 4 is 29.2 Å². The third-order valence-electron chi connectivity index (χ3n) is 3.82. The summed E-state index contributed by atoms with van der Waals surface area (Å²) >= 11 is 11.9. The first kappa shape index (κ1) is 17.8. The zero-order chi connectivity index (χ0) is 17.8. The molecule has 0 bridgehead atoms. The molecule has 1 unspecified atom stereocenters. The number of aromatic nitrogens is 1. The van der Waals surface area contributed by atoms with E-state index in [2.05, 4.69) is 4.98 Å². The summed E-state index contributed by atoms with van der Waals surface area (Å²) < 4.78 is 16.5. The van der Waals surface area contributed by atoms with Crippen molar-refractivity contribution in [3.05, 3.63) is 51.8 Å². The molecule has 132 valence electrons. The number of esters is 1. The van der Waals surface area contributed by atoms with E-state index in [1.807, 2.05) is 25.1 Å². The van der Waals surface area contributed by atoms with Crippen LogP contribution in [0.1, 0.15) is 18.2 Å². The van der Waals surface area contributed by atoms with Gasteiger partial charge in [0, 0.05) is 0 Å². The summed E-state index contributed by atoms with van der Waals surface area (Å²) in [6.45, 7) is 2.75. The molecular formula is C18H17Cl2NO4. The lowest BCUT2D eigenvalue weighted by atomic mass is 9.96.